The van der Waals surface area contributed by atoms with Crippen LogP contribution in [0.5, 0.6) is 0 Å². The highest BCUT2D eigenvalue weighted by molar-refractivity contribution is 6.03. The summed E-state index contributed by atoms with van der Waals surface area (Å²) in [6.45, 7) is 1.45. The Balaban J connectivity index is 1.69. The summed E-state index contributed by atoms with van der Waals surface area (Å²) in [5, 5.41) is 7.73. The number of rotatable bonds is 4. The Morgan fingerprint density at radius 1 is 0.800 bits per heavy atom. The molecule has 0 atom stereocenters. The van der Waals surface area contributed by atoms with Crippen LogP contribution in [-0.4, -0.2) is 11.8 Å². The molecule has 0 aliphatic carbocycles. The zero-order chi connectivity index (χ0) is 17.6. The van der Waals surface area contributed by atoms with Gasteiger partial charge in [-0.15, -0.1) is 0 Å². The Bertz CT molecular complexity index is 938. The van der Waals surface area contributed by atoms with E-state index < -0.39 is 0 Å². The lowest BCUT2D eigenvalue weighted by atomic mass is 10.0. The number of fused-ring (bicyclic) bond motifs is 1. The summed E-state index contributed by atoms with van der Waals surface area (Å²) < 4.78 is 0. The molecule has 3 aromatic carbocycles. The summed E-state index contributed by atoms with van der Waals surface area (Å²) in [7, 11) is 0. The second-order valence-corrected chi connectivity index (χ2v) is 5.65. The SMILES string of the molecule is CC(=O)Nc1ccc(NC(=O)C=Cc2cccc3ccccc23)cc1. The summed E-state index contributed by atoms with van der Waals surface area (Å²) in [5.41, 5.74) is 2.35. The lowest BCUT2D eigenvalue weighted by molar-refractivity contribution is -0.114. The fourth-order valence-corrected chi connectivity index (χ4v) is 2.59. The molecular formula is C21H18N2O2. The fourth-order valence-electron chi connectivity index (χ4n) is 2.59. The van der Waals surface area contributed by atoms with E-state index in [1.807, 2.05) is 48.5 Å². The minimum absolute atomic E-state index is 0.130. The molecule has 0 saturated carbocycles. The number of hydrogen-bond acceptors (Lipinski definition) is 2. The smallest absolute Gasteiger partial charge is 0.248 e. The lowest BCUT2D eigenvalue weighted by Gasteiger charge is -2.05. The van der Waals surface area contributed by atoms with Crippen molar-refractivity contribution in [2.24, 2.45) is 0 Å². The first-order chi connectivity index (χ1) is 12.1. The van der Waals surface area contributed by atoms with Gasteiger partial charge in [0.15, 0.2) is 0 Å². The standard InChI is InChI=1S/C21H18N2O2/c1-15(24)22-18-10-12-19(13-11-18)23-21(25)14-9-17-7-4-6-16-5-2-3-8-20(16)17/h2-14H,1H3,(H,22,24)(H,23,25). The van der Waals surface area contributed by atoms with E-state index in [1.165, 1.54) is 13.0 Å². The molecule has 0 bridgehead atoms. The first-order valence-corrected chi connectivity index (χ1v) is 7.96. The van der Waals surface area contributed by atoms with Crippen LogP contribution < -0.4 is 10.6 Å². The first-order valence-electron chi connectivity index (χ1n) is 7.96. The van der Waals surface area contributed by atoms with E-state index in [9.17, 15) is 9.59 Å². The highest BCUT2D eigenvalue weighted by atomic mass is 16.2. The number of nitrogens with one attached hydrogen (secondary N) is 2. The van der Waals surface area contributed by atoms with E-state index >= 15 is 0 Å². The highest BCUT2D eigenvalue weighted by Gasteiger charge is 2.01. The van der Waals surface area contributed by atoms with Crippen molar-refractivity contribution < 1.29 is 9.59 Å². The molecule has 0 spiro atoms. The summed E-state index contributed by atoms with van der Waals surface area (Å²) in [5.74, 6) is -0.338. The molecular weight excluding hydrogens is 312 g/mol. The second-order valence-electron chi connectivity index (χ2n) is 5.65. The maximum atomic E-state index is 12.1. The van der Waals surface area contributed by atoms with Gasteiger partial charge in [0.25, 0.3) is 0 Å². The van der Waals surface area contributed by atoms with Crippen molar-refractivity contribution in [2.75, 3.05) is 10.6 Å². The molecule has 4 heteroatoms. The van der Waals surface area contributed by atoms with Crippen molar-refractivity contribution in [2.45, 2.75) is 6.92 Å². The van der Waals surface area contributed by atoms with Crippen molar-refractivity contribution in [3.63, 3.8) is 0 Å². The molecule has 0 fully saturated rings. The predicted molar refractivity (Wildman–Crippen MR) is 102 cm³/mol. The second kappa shape index (κ2) is 7.45. The predicted octanol–water partition coefficient (Wildman–Crippen LogP) is 4.45. The maximum Gasteiger partial charge on any atom is 0.248 e. The van der Waals surface area contributed by atoms with Gasteiger partial charge in [0.2, 0.25) is 11.8 Å². The van der Waals surface area contributed by atoms with E-state index in [-0.39, 0.29) is 11.8 Å². The monoisotopic (exact) mass is 330 g/mol. The van der Waals surface area contributed by atoms with Crippen molar-refractivity contribution in [1.82, 2.24) is 0 Å². The fraction of sp³-hybridized carbons (Fsp3) is 0.0476. The van der Waals surface area contributed by atoms with Crippen molar-refractivity contribution in [1.29, 1.82) is 0 Å². The van der Waals surface area contributed by atoms with Crippen LogP contribution >= 0.6 is 0 Å². The summed E-state index contributed by atoms with van der Waals surface area (Å²) >= 11 is 0. The highest BCUT2D eigenvalue weighted by Crippen LogP contribution is 2.19. The molecule has 0 saturated heterocycles. The zero-order valence-electron chi connectivity index (χ0n) is 13.8. The van der Waals surface area contributed by atoms with Gasteiger partial charge in [-0.3, -0.25) is 9.59 Å². The van der Waals surface area contributed by atoms with Gasteiger partial charge in [0.1, 0.15) is 0 Å². The number of carbonyl (C=O) groups is 2. The quantitative estimate of drug-likeness (QED) is 0.694. The van der Waals surface area contributed by atoms with E-state index in [0.29, 0.717) is 11.4 Å². The molecule has 0 unspecified atom stereocenters. The van der Waals surface area contributed by atoms with Gasteiger partial charge in [-0.05, 0) is 46.7 Å². The van der Waals surface area contributed by atoms with E-state index in [1.54, 1.807) is 24.3 Å². The maximum absolute atomic E-state index is 12.1. The van der Waals surface area contributed by atoms with Crippen LogP contribution in [0, 0.1) is 0 Å². The van der Waals surface area contributed by atoms with E-state index in [4.69, 9.17) is 0 Å². The minimum Gasteiger partial charge on any atom is -0.326 e. The molecule has 25 heavy (non-hydrogen) atoms. The third-order valence-electron chi connectivity index (χ3n) is 3.71. The van der Waals surface area contributed by atoms with Crippen LogP contribution in [0.1, 0.15) is 12.5 Å². The summed E-state index contributed by atoms with van der Waals surface area (Å²) in [6.07, 6.45) is 3.33. The largest absolute Gasteiger partial charge is 0.326 e. The number of carbonyl (C=O) groups excluding carboxylic acids is 2. The van der Waals surface area contributed by atoms with Gasteiger partial charge in [-0.1, -0.05) is 42.5 Å². The average Bonchev–Trinajstić information content (AvgIpc) is 2.61. The molecule has 2 N–H and O–H groups in total. The van der Waals surface area contributed by atoms with Gasteiger partial charge in [-0.2, -0.15) is 0 Å². The van der Waals surface area contributed by atoms with Gasteiger partial charge in [-0.25, -0.2) is 0 Å². The number of anilines is 2. The molecule has 0 radical (unpaired) electrons. The van der Waals surface area contributed by atoms with Crippen LogP contribution in [-0.2, 0) is 9.59 Å². The normalized spacial score (nSPS) is 10.8. The number of hydrogen-bond donors (Lipinski definition) is 2. The van der Waals surface area contributed by atoms with Gasteiger partial charge in [0.05, 0.1) is 0 Å². The summed E-state index contributed by atoms with van der Waals surface area (Å²) in [4.78, 5) is 23.1. The van der Waals surface area contributed by atoms with Crippen molar-refractivity contribution >= 4 is 40.0 Å². The van der Waals surface area contributed by atoms with E-state index in [0.717, 1.165) is 16.3 Å². The van der Waals surface area contributed by atoms with Crippen molar-refractivity contribution in [3.8, 4) is 0 Å². The molecule has 3 aromatic rings. The Labute approximate surface area is 146 Å². The minimum atomic E-state index is -0.208. The van der Waals surface area contributed by atoms with Crippen LogP contribution in [0.15, 0.2) is 72.8 Å². The van der Waals surface area contributed by atoms with Crippen molar-refractivity contribution in [3.05, 3.63) is 78.4 Å². The average molecular weight is 330 g/mol. The van der Waals surface area contributed by atoms with Crippen LogP contribution in [0.2, 0.25) is 0 Å². The zero-order valence-corrected chi connectivity index (χ0v) is 13.8. The van der Waals surface area contributed by atoms with Crippen LogP contribution in [0.25, 0.3) is 16.8 Å². The van der Waals surface area contributed by atoms with E-state index in [2.05, 4.69) is 10.6 Å². The molecule has 2 amide bonds. The lowest BCUT2D eigenvalue weighted by Crippen LogP contribution is -2.08. The number of benzene rings is 3. The Kier molecular flexibility index (Phi) is 4.90. The molecule has 0 aromatic heterocycles. The summed E-state index contributed by atoms with van der Waals surface area (Å²) in [6, 6.07) is 21.0. The van der Waals surface area contributed by atoms with Crippen LogP contribution in [0.3, 0.4) is 0 Å². The molecule has 0 aliphatic rings. The third-order valence-corrected chi connectivity index (χ3v) is 3.71. The Hall–Kier alpha value is -3.40. The topological polar surface area (TPSA) is 58.2 Å². The first kappa shape index (κ1) is 16.5. The Morgan fingerprint density at radius 3 is 2.16 bits per heavy atom. The van der Waals surface area contributed by atoms with Gasteiger partial charge >= 0.3 is 0 Å². The Morgan fingerprint density at radius 2 is 1.44 bits per heavy atom. The number of amides is 2. The van der Waals surface area contributed by atoms with Crippen LogP contribution in [0.4, 0.5) is 11.4 Å². The molecule has 0 heterocycles. The molecule has 0 aliphatic heterocycles. The van der Waals surface area contributed by atoms with Gasteiger partial charge < -0.3 is 10.6 Å². The third kappa shape index (κ3) is 4.32. The van der Waals surface area contributed by atoms with Gasteiger partial charge in [0, 0.05) is 24.4 Å². The molecule has 3 rings (SSSR count). The molecule has 124 valence electrons. The molecule has 4 nitrogen and oxygen atoms in total.